The van der Waals surface area contributed by atoms with Crippen LogP contribution in [0.1, 0.15) is 24.0 Å². The Kier molecular flexibility index (Phi) is 5.36. The molecule has 0 bridgehead atoms. The first kappa shape index (κ1) is 14.0. The van der Waals surface area contributed by atoms with E-state index in [1.54, 1.807) is 0 Å². The smallest absolute Gasteiger partial charge is 0.303 e. The van der Waals surface area contributed by atoms with E-state index in [0.29, 0.717) is 6.42 Å². The van der Waals surface area contributed by atoms with Crippen molar-refractivity contribution in [1.29, 1.82) is 0 Å². The van der Waals surface area contributed by atoms with Crippen LogP contribution in [0, 0.1) is 0 Å². The molecule has 0 radical (unpaired) electrons. The minimum absolute atomic E-state index is 0.205. The van der Waals surface area contributed by atoms with Crippen LogP contribution < -0.4 is 5.32 Å². The molecular formula is C15H22N2O2. The zero-order chi connectivity index (χ0) is 13.5. The van der Waals surface area contributed by atoms with Gasteiger partial charge in [-0.05, 0) is 37.1 Å². The lowest BCUT2D eigenvalue weighted by atomic mass is 10.1. The summed E-state index contributed by atoms with van der Waals surface area (Å²) < 4.78 is 0. The minimum Gasteiger partial charge on any atom is -0.481 e. The van der Waals surface area contributed by atoms with E-state index in [0.717, 1.165) is 38.3 Å². The molecule has 0 atom stereocenters. The molecule has 0 aromatic heterocycles. The number of aliphatic carboxylic acids is 1. The molecular weight excluding hydrogens is 240 g/mol. The Balaban J connectivity index is 1.85. The van der Waals surface area contributed by atoms with Crippen LogP contribution in [-0.2, 0) is 17.8 Å². The van der Waals surface area contributed by atoms with Gasteiger partial charge in [0.15, 0.2) is 0 Å². The molecule has 104 valence electrons. The maximum atomic E-state index is 10.5. The number of carbonyl (C=O) groups is 1. The second kappa shape index (κ2) is 7.26. The van der Waals surface area contributed by atoms with Gasteiger partial charge in [-0.15, -0.1) is 0 Å². The van der Waals surface area contributed by atoms with E-state index in [2.05, 4.69) is 22.3 Å². The molecule has 1 heterocycles. The number of carboxylic acids is 1. The topological polar surface area (TPSA) is 52.6 Å². The van der Waals surface area contributed by atoms with Crippen molar-refractivity contribution in [2.24, 2.45) is 0 Å². The Hall–Kier alpha value is -1.39. The van der Waals surface area contributed by atoms with Crippen LogP contribution in [0.25, 0.3) is 0 Å². The quantitative estimate of drug-likeness (QED) is 0.844. The average molecular weight is 262 g/mol. The number of hydrogen-bond donors (Lipinski definition) is 2. The Morgan fingerprint density at radius 2 is 1.89 bits per heavy atom. The molecule has 4 heteroatoms. The zero-order valence-electron chi connectivity index (χ0n) is 11.3. The van der Waals surface area contributed by atoms with Crippen LogP contribution in [-0.4, -0.2) is 42.2 Å². The van der Waals surface area contributed by atoms with Gasteiger partial charge in [0.05, 0.1) is 0 Å². The highest BCUT2D eigenvalue weighted by atomic mass is 16.4. The van der Waals surface area contributed by atoms with Gasteiger partial charge in [0.2, 0.25) is 0 Å². The first-order valence-corrected chi connectivity index (χ1v) is 6.97. The van der Waals surface area contributed by atoms with Crippen LogP contribution in [0.5, 0.6) is 0 Å². The normalized spacial score (nSPS) is 17.1. The highest BCUT2D eigenvalue weighted by Gasteiger charge is 2.08. The van der Waals surface area contributed by atoms with E-state index in [4.69, 9.17) is 5.11 Å². The number of hydrogen-bond acceptors (Lipinski definition) is 3. The first-order valence-electron chi connectivity index (χ1n) is 6.97. The van der Waals surface area contributed by atoms with E-state index in [9.17, 15) is 4.79 Å². The summed E-state index contributed by atoms with van der Waals surface area (Å²) in [6.45, 7) is 5.41. The second-order valence-corrected chi connectivity index (χ2v) is 5.09. The van der Waals surface area contributed by atoms with Crippen molar-refractivity contribution >= 4 is 5.97 Å². The molecule has 0 amide bonds. The molecule has 1 fully saturated rings. The Morgan fingerprint density at radius 3 is 2.63 bits per heavy atom. The van der Waals surface area contributed by atoms with Gasteiger partial charge < -0.3 is 10.4 Å². The monoisotopic (exact) mass is 262 g/mol. The number of benzene rings is 1. The molecule has 1 aromatic rings. The molecule has 2 rings (SSSR count). The third-order valence-electron chi connectivity index (χ3n) is 3.49. The summed E-state index contributed by atoms with van der Waals surface area (Å²) in [6.07, 6.45) is 2.02. The van der Waals surface area contributed by atoms with Gasteiger partial charge in [-0.1, -0.05) is 24.3 Å². The lowest BCUT2D eigenvalue weighted by Gasteiger charge is -2.19. The number of aryl methyl sites for hydroxylation is 1. The fourth-order valence-corrected chi connectivity index (χ4v) is 2.38. The lowest BCUT2D eigenvalue weighted by Crippen LogP contribution is -2.27. The molecule has 1 aliphatic rings. The highest BCUT2D eigenvalue weighted by molar-refractivity contribution is 5.67. The average Bonchev–Trinajstić information content (AvgIpc) is 2.66. The number of nitrogens with zero attached hydrogens (tertiary/aromatic N) is 1. The van der Waals surface area contributed by atoms with Crippen LogP contribution >= 0.6 is 0 Å². The molecule has 0 aliphatic carbocycles. The Morgan fingerprint density at radius 1 is 1.16 bits per heavy atom. The fourth-order valence-electron chi connectivity index (χ4n) is 2.38. The number of carboxylic acid groups (broad SMARTS) is 1. The van der Waals surface area contributed by atoms with Gasteiger partial charge in [-0.3, -0.25) is 9.69 Å². The predicted octanol–water partition coefficient (Wildman–Crippen LogP) is 1.50. The lowest BCUT2D eigenvalue weighted by molar-refractivity contribution is -0.136. The third kappa shape index (κ3) is 5.01. The van der Waals surface area contributed by atoms with Crippen molar-refractivity contribution in [2.75, 3.05) is 26.2 Å². The zero-order valence-corrected chi connectivity index (χ0v) is 11.3. The van der Waals surface area contributed by atoms with Gasteiger partial charge in [0, 0.05) is 26.1 Å². The summed E-state index contributed by atoms with van der Waals surface area (Å²) in [4.78, 5) is 13.0. The van der Waals surface area contributed by atoms with Crippen molar-refractivity contribution < 1.29 is 9.90 Å². The summed E-state index contributed by atoms with van der Waals surface area (Å²) in [5.41, 5.74) is 2.41. The summed E-state index contributed by atoms with van der Waals surface area (Å²) in [5.74, 6) is -0.735. The Labute approximate surface area is 114 Å². The van der Waals surface area contributed by atoms with Gasteiger partial charge >= 0.3 is 5.97 Å². The van der Waals surface area contributed by atoms with Gasteiger partial charge in [0.1, 0.15) is 0 Å². The van der Waals surface area contributed by atoms with E-state index < -0.39 is 5.97 Å². The van der Waals surface area contributed by atoms with Crippen LogP contribution in [0.15, 0.2) is 24.3 Å². The van der Waals surface area contributed by atoms with Gasteiger partial charge in [-0.2, -0.15) is 0 Å². The largest absolute Gasteiger partial charge is 0.481 e. The van der Waals surface area contributed by atoms with Crippen molar-refractivity contribution in [3.8, 4) is 0 Å². The van der Waals surface area contributed by atoms with Crippen molar-refractivity contribution in [3.05, 3.63) is 35.4 Å². The molecule has 1 aromatic carbocycles. The first-order chi connectivity index (χ1) is 9.24. The van der Waals surface area contributed by atoms with Crippen LogP contribution in [0.2, 0.25) is 0 Å². The van der Waals surface area contributed by atoms with E-state index >= 15 is 0 Å². The predicted molar refractivity (Wildman–Crippen MR) is 75.2 cm³/mol. The molecule has 4 nitrogen and oxygen atoms in total. The number of rotatable bonds is 5. The van der Waals surface area contributed by atoms with Gasteiger partial charge in [0.25, 0.3) is 0 Å². The standard InChI is InChI=1S/C15H22N2O2/c18-15(19)7-6-13-2-4-14(5-3-13)12-17-10-1-8-16-9-11-17/h2-5,16H,1,6-12H2,(H,18,19). The van der Waals surface area contributed by atoms with E-state index in [-0.39, 0.29) is 6.42 Å². The minimum atomic E-state index is -0.735. The second-order valence-electron chi connectivity index (χ2n) is 5.09. The summed E-state index contributed by atoms with van der Waals surface area (Å²) in [5, 5.41) is 12.1. The van der Waals surface area contributed by atoms with E-state index in [1.807, 2.05) is 12.1 Å². The molecule has 0 spiro atoms. The van der Waals surface area contributed by atoms with Crippen molar-refractivity contribution in [1.82, 2.24) is 10.2 Å². The van der Waals surface area contributed by atoms with Crippen molar-refractivity contribution in [2.45, 2.75) is 25.8 Å². The molecule has 1 aliphatic heterocycles. The molecule has 2 N–H and O–H groups in total. The van der Waals surface area contributed by atoms with E-state index in [1.165, 1.54) is 12.0 Å². The maximum Gasteiger partial charge on any atom is 0.303 e. The molecule has 19 heavy (non-hydrogen) atoms. The highest BCUT2D eigenvalue weighted by Crippen LogP contribution is 2.10. The molecule has 0 unspecified atom stereocenters. The van der Waals surface area contributed by atoms with Gasteiger partial charge in [-0.25, -0.2) is 0 Å². The maximum absolute atomic E-state index is 10.5. The third-order valence-corrected chi connectivity index (χ3v) is 3.49. The number of nitrogens with one attached hydrogen (secondary N) is 1. The fraction of sp³-hybridized carbons (Fsp3) is 0.533. The summed E-state index contributed by atoms with van der Waals surface area (Å²) in [7, 11) is 0. The molecule has 0 saturated carbocycles. The summed E-state index contributed by atoms with van der Waals surface area (Å²) >= 11 is 0. The SMILES string of the molecule is O=C(O)CCc1ccc(CN2CCCNCC2)cc1. The summed E-state index contributed by atoms with van der Waals surface area (Å²) in [6, 6.07) is 8.34. The van der Waals surface area contributed by atoms with Crippen LogP contribution in [0.3, 0.4) is 0 Å². The Bertz CT molecular complexity index is 395. The van der Waals surface area contributed by atoms with Crippen LogP contribution in [0.4, 0.5) is 0 Å². The molecule has 1 saturated heterocycles. The van der Waals surface area contributed by atoms with Crippen molar-refractivity contribution in [3.63, 3.8) is 0 Å².